The molecule has 0 fully saturated rings. The van der Waals surface area contributed by atoms with Crippen LogP contribution in [0.5, 0.6) is 0 Å². The summed E-state index contributed by atoms with van der Waals surface area (Å²) in [4.78, 5) is 0. The van der Waals surface area contributed by atoms with Gasteiger partial charge in [-0.15, -0.1) is 12.4 Å². The highest BCUT2D eigenvalue weighted by atomic mass is 35.5. The second-order valence-corrected chi connectivity index (χ2v) is 6.34. The van der Waals surface area contributed by atoms with Crippen molar-refractivity contribution in [2.24, 2.45) is 0 Å². The van der Waals surface area contributed by atoms with Crippen molar-refractivity contribution in [1.82, 2.24) is 10.2 Å². The second-order valence-electron chi connectivity index (χ2n) is 6.34. The maximum atomic E-state index is 4.05. The molecule has 3 rings (SSSR count). The zero-order chi connectivity index (χ0) is 13.6. The Morgan fingerprint density at radius 1 is 1.30 bits per heavy atom. The van der Waals surface area contributed by atoms with Crippen LogP contribution in [0, 0.1) is 6.92 Å². The molecule has 1 aliphatic heterocycles. The van der Waals surface area contributed by atoms with Crippen molar-refractivity contribution >= 4 is 18.1 Å². The lowest BCUT2D eigenvalue weighted by Crippen LogP contribution is -2.36. The molecule has 3 nitrogen and oxygen atoms in total. The van der Waals surface area contributed by atoms with Gasteiger partial charge < -0.3 is 5.32 Å². The lowest BCUT2D eigenvalue weighted by atomic mass is 9.80. The number of hydrogen-bond donors (Lipinski definition) is 2. The molecule has 1 unspecified atom stereocenters. The molecule has 2 heterocycles. The molecule has 1 aliphatic rings. The molecule has 2 aromatic rings. The normalized spacial score (nSPS) is 19.7. The van der Waals surface area contributed by atoms with Gasteiger partial charge in [-0.1, -0.05) is 13.0 Å². The fourth-order valence-corrected chi connectivity index (χ4v) is 3.23. The number of nitrogens with zero attached hydrogens (tertiary/aromatic N) is 1. The fraction of sp³-hybridized carbons (Fsp3) is 0.438. The van der Waals surface area contributed by atoms with Crippen LogP contribution < -0.4 is 5.32 Å². The van der Waals surface area contributed by atoms with E-state index in [-0.39, 0.29) is 17.9 Å². The molecule has 0 saturated heterocycles. The minimum absolute atomic E-state index is 0. The molecule has 1 aromatic carbocycles. The van der Waals surface area contributed by atoms with Gasteiger partial charge in [0.15, 0.2) is 0 Å². The molecule has 20 heavy (non-hydrogen) atoms. The predicted octanol–water partition coefficient (Wildman–Crippen LogP) is 4.50. The van der Waals surface area contributed by atoms with Crippen LogP contribution in [0.1, 0.15) is 44.2 Å². The molecule has 1 aromatic heterocycles. The van der Waals surface area contributed by atoms with Crippen molar-refractivity contribution in [3.8, 4) is 11.3 Å². The first-order chi connectivity index (χ1) is 8.96. The van der Waals surface area contributed by atoms with E-state index in [9.17, 15) is 0 Å². The van der Waals surface area contributed by atoms with Crippen molar-refractivity contribution in [3.05, 3.63) is 35.5 Å². The molecule has 0 spiro atoms. The molecule has 0 aliphatic carbocycles. The third kappa shape index (κ3) is 2.55. The molecule has 1 atom stereocenters. The molecular weight excluding hydrogens is 270 g/mol. The van der Waals surface area contributed by atoms with Gasteiger partial charge in [0.25, 0.3) is 0 Å². The summed E-state index contributed by atoms with van der Waals surface area (Å²) in [6, 6.07) is 6.60. The van der Waals surface area contributed by atoms with Crippen LogP contribution in [0.4, 0.5) is 5.69 Å². The maximum Gasteiger partial charge on any atom is 0.0653 e. The Morgan fingerprint density at radius 2 is 2.05 bits per heavy atom. The summed E-state index contributed by atoms with van der Waals surface area (Å²) >= 11 is 0. The van der Waals surface area contributed by atoms with Crippen molar-refractivity contribution in [2.75, 3.05) is 5.32 Å². The average molecular weight is 292 g/mol. The van der Waals surface area contributed by atoms with Crippen LogP contribution in [-0.2, 0) is 0 Å². The van der Waals surface area contributed by atoms with Crippen LogP contribution in [0.15, 0.2) is 24.4 Å². The Labute approximate surface area is 126 Å². The number of hydrogen-bond acceptors (Lipinski definition) is 2. The van der Waals surface area contributed by atoms with E-state index in [0.717, 1.165) is 5.69 Å². The number of halogens is 1. The van der Waals surface area contributed by atoms with E-state index in [1.807, 2.05) is 6.07 Å². The summed E-state index contributed by atoms with van der Waals surface area (Å²) in [6.45, 7) is 9.02. The molecule has 0 amide bonds. The lowest BCUT2D eigenvalue weighted by Gasteiger charge is -2.38. The van der Waals surface area contributed by atoms with Crippen molar-refractivity contribution in [2.45, 2.75) is 45.6 Å². The third-order valence-corrected chi connectivity index (χ3v) is 4.01. The Bertz CT molecular complexity index is 602. The van der Waals surface area contributed by atoms with E-state index in [2.05, 4.69) is 55.3 Å². The van der Waals surface area contributed by atoms with Crippen molar-refractivity contribution < 1.29 is 0 Å². The van der Waals surface area contributed by atoms with E-state index in [0.29, 0.717) is 5.92 Å². The number of H-pyrrole nitrogens is 1. The fourth-order valence-electron chi connectivity index (χ4n) is 3.23. The number of nitrogens with one attached hydrogen (secondary N) is 2. The Morgan fingerprint density at radius 3 is 2.70 bits per heavy atom. The van der Waals surface area contributed by atoms with Gasteiger partial charge in [0.05, 0.1) is 5.69 Å². The highest BCUT2D eigenvalue weighted by Gasteiger charge is 2.29. The Balaban J connectivity index is 0.00000147. The van der Waals surface area contributed by atoms with Gasteiger partial charge in [0.1, 0.15) is 0 Å². The summed E-state index contributed by atoms with van der Waals surface area (Å²) in [5.41, 5.74) is 6.47. The first-order valence-electron chi connectivity index (χ1n) is 6.89. The molecule has 4 heteroatoms. The van der Waals surface area contributed by atoms with Crippen molar-refractivity contribution in [3.63, 3.8) is 0 Å². The largest absolute Gasteiger partial charge is 0.380 e. The van der Waals surface area contributed by atoms with E-state index in [1.165, 1.54) is 28.8 Å². The summed E-state index contributed by atoms with van der Waals surface area (Å²) in [6.07, 6.45) is 2.97. The van der Waals surface area contributed by atoms with Crippen molar-refractivity contribution in [1.29, 1.82) is 0 Å². The SMILES string of the molecule is Cc1cc2c(cc1-c1ccn[nH]1)NC(C)(C)CC2C.Cl. The number of aromatic nitrogens is 2. The summed E-state index contributed by atoms with van der Waals surface area (Å²) in [5, 5.41) is 10.8. The van der Waals surface area contributed by atoms with E-state index in [4.69, 9.17) is 0 Å². The van der Waals surface area contributed by atoms with Crippen LogP contribution >= 0.6 is 12.4 Å². The molecule has 2 N–H and O–H groups in total. The third-order valence-electron chi connectivity index (χ3n) is 4.01. The van der Waals surface area contributed by atoms with Crippen LogP contribution in [0.3, 0.4) is 0 Å². The zero-order valence-corrected chi connectivity index (χ0v) is 13.3. The van der Waals surface area contributed by atoms with Crippen LogP contribution in [0.2, 0.25) is 0 Å². The second kappa shape index (κ2) is 5.13. The van der Waals surface area contributed by atoms with Crippen LogP contribution in [-0.4, -0.2) is 15.7 Å². The molecular formula is C16H22ClN3. The van der Waals surface area contributed by atoms with Gasteiger partial charge in [0.2, 0.25) is 0 Å². The number of aromatic amines is 1. The first-order valence-corrected chi connectivity index (χ1v) is 6.89. The number of fused-ring (bicyclic) bond motifs is 1. The number of anilines is 1. The minimum Gasteiger partial charge on any atom is -0.380 e. The standard InChI is InChI=1S/C16H21N3.ClH/c1-10-7-12-11(2)9-16(3,4)18-15(12)8-13(10)14-5-6-17-19-14;/h5-8,11,18H,9H2,1-4H3,(H,17,19);1H. The first kappa shape index (κ1) is 14.9. The van der Waals surface area contributed by atoms with E-state index >= 15 is 0 Å². The van der Waals surface area contributed by atoms with Gasteiger partial charge in [-0.3, -0.25) is 5.10 Å². The topological polar surface area (TPSA) is 40.7 Å². The number of aryl methyl sites for hydroxylation is 1. The van der Waals surface area contributed by atoms with E-state index in [1.54, 1.807) is 6.20 Å². The molecule has 0 radical (unpaired) electrons. The summed E-state index contributed by atoms with van der Waals surface area (Å²) < 4.78 is 0. The summed E-state index contributed by atoms with van der Waals surface area (Å²) in [7, 11) is 0. The number of benzene rings is 1. The Kier molecular flexibility index (Phi) is 3.83. The van der Waals surface area contributed by atoms with Gasteiger partial charge >= 0.3 is 0 Å². The smallest absolute Gasteiger partial charge is 0.0653 e. The quantitative estimate of drug-likeness (QED) is 0.812. The lowest BCUT2D eigenvalue weighted by molar-refractivity contribution is 0.454. The highest BCUT2D eigenvalue weighted by molar-refractivity contribution is 5.85. The van der Waals surface area contributed by atoms with E-state index < -0.39 is 0 Å². The monoisotopic (exact) mass is 291 g/mol. The number of rotatable bonds is 1. The minimum atomic E-state index is 0. The van der Waals surface area contributed by atoms with Gasteiger partial charge in [-0.2, -0.15) is 5.10 Å². The average Bonchev–Trinajstić information content (AvgIpc) is 2.82. The zero-order valence-electron chi connectivity index (χ0n) is 12.4. The van der Waals surface area contributed by atoms with Gasteiger partial charge in [-0.05, 0) is 56.4 Å². The van der Waals surface area contributed by atoms with Gasteiger partial charge in [-0.25, -0.2) is 0 Å². The predicted molar refractivity (Wildman–Crippen MR) is 86.7 cm³/mol. The maximum absolute atomic E-state index is 4.05. The highest BCUT2D eigenvalue weighted by Crippen LogP contribution is 2.41. The van der Waals surface area contributed by atoms with Gasteiger partial charge in [0, 0.05) is 23.0 Å². The summed E-state index contributed by atoms with van der Waals surface area (Å²) in [5.74, 6) is 0.598. The molecule has 0 bridgehead atoms. The molecule has 0 saturated carbocycles. The Hall–Kier alpha value is -1.48. The molecule has 108 valence electrons. The van der Waals surface area contributed by atoms with Crippen LogP contribution in [0.25, 0.3) is 11.3 Å².